The molecule has 66 valence electrons. The Morgan fingerprint density at radius 2 is 2.08 bits per heavy atom. The summed E-state index contributed by atoms with van der Waals surface area (Å²) < 4.78 is 4.58. The van der Waals surface area contributed by atoms with E-state index < -0.39 is 5.97 Å². The first kappa shape index (κ1) is 10.5. The molecule has 0 radical (unpaired) electrons. The summed E-state index contributed by atoms with van der Waals surface area (Å²) in [5.74, 6) is -0.764. The van der Waals surface area contributed by atoms with Gasteiger partial charge in [-0.1, -0.05) is 6.08 Å². The van der Waals surface area contributed by atoms with Crippen LogP contribution in [0.3, 0.4) is 0 Å². The Bertz CT molecular complexity index is 184. The Labute approximate surface area is 71.3 Å². The van der Waals surface area contributed by atoms with Crippen LogP contribution in [0.25, 0.3) is 0 Å². The van der Waals surface area contributed by atoms with Gasteiger partial charge in [0.1, 0.15) is 0 Å². The fourth-order valence-electron chi connectivity index (χ4n) is 0.452. The standard InChI is InChI=1S/C5H8O2.C4H4O/c1-2-3-4-5(6)7;1-2-4-5-3-1/h2H,1,3-4H2,(H,6,7);1-4H. The average Bonchev–Trinajstić information content (AvgIpc) is 2.57. The van der Waals surface area contributed by atoms with Gasteiger partial charge in [0.05, 0.1) is 12.5 Å². The van der Waals surface area contributed by atoms with Gasteiger partial charge < -0.3 is 9.52 Å². The Hall–Kier alpha value is -1.51. The number of carboxylic acid groups (broad SMARTS) is 1. The predicted molar refractivity (Wildman–Crippen MR) is 45.8 cm³/mol. The smallest absolute Gasteiger partial charge is 0.303 e. The molecule has 0 aliphatic carbocycles. The predicted octanol–water partition coefficient (Wildman–Crippen LogP) is 2.32. The van der Waals surface area contributed by atoms with E-state index in [1.165, 1.54) is 0 Å². The summed E-state index contributed by atoms with van der Waals surface area (Å²) in [6.07, 6.45) is 5.60. The number of hydrogen-bond acceptors (Lipinski definition) is 2. The lowest BCUT2D eigenvalue weighted by atomic mass is 10.3. The lowest BCUT2D eigenvalue weighted by molar-refractivity contribution is -0.136. The highest BCUT2D eigenvalue weighted by atomic mass is 16.4. The van der Waals surface area contributed by atoms with E-state index in [-0.39, 0.29) is 6.42 Å². The van der Waals surface area contributed by atoms with E-state index in [2.05, 4.69) is 11.0 Å². The van der Waals surface area contributed by atoms with Gasteiger partial charge in [-0.15, -0.1) is 6.58 Å². The molecule has 0 fully saturated rings. The van der Waals surface area contributed by atoms with Crippen LogP contribution in [0.2, 0.25) is 0 Å². The topological polar surface area (TPSA) is 50.4 Å². The number of carboxylic acids is 1. The van der Waals surface area contributed by atoms with E-state index in [0.29, 0.717) is 6.42 Å². The maximum absolute atomic E-state index is 9.71. The minimum atomic E-state index is -0.764. The highest BCUT2D eigenvalue weighted by molar-refractivity contribution is 5.66. The zero-order valence-electron chi connectivity index (χ0n) is 6.77. The van der Waals surface area contributed by atoms with Gasteiger partial charge in [0, 0.05) is 6.42 Å². The van der Waals surface area contributed by atoms with Crippen molar-refractivity contribution in [3.63, 3.8) is 0 Å². The summed E-state index contributed by atoms with van der Waals surface area (Å²) in [7, 11) is 0. The maximum atomic E-state index is 9.71. The minimum Gasteiger partial charge on any atom is -0.481 e. The van der Waals surface area contributed by atoms with E-state index in [9.17, 15) is 4.79 Å². The van der Waals surface area contributed by atoms with Crippen LogP contribution in [0.5, 0.6) is 0 Å². The average molecular weight is 168 g/mol. The molecule has 3 nitrogen and oxygen atoms in total. The third-order valence-corrected chi connectivity index (χ3v) is 0.988. The van der Waals surface area contributed by atoms with Crippen LogP contribution < -0.4 is 0 Å². The van der Waals surface area contributed by atoms with E-state index >= 15 is 0 Å². The second kappa shape index (κ2) is 7.60. The van der Waals surface area contributed by atoms with Crippen molar-refractivity contribution in [1.82, 2.24) is 0 Å². The monoisotopic (exact) mass is 168 g/mol. The van der Waals surface area contributed by atoms with Gasteiger partial charge in [0.2, 0.25) is 0 Å². The van der Waals surface area contributed by atoms with Crippen molar-refractivity contribution >= 4 is 5.97 Å². The second-order valence-electron chi connectivity index (χ2n) is 2.01. The Kier molecular flexibility index (Phi) is 6.64. The molecule has 0 aliphatic rings. The van der Waals surface area contributed by atoms with Gasteiger partial charge in [-0.05, 0) is 18.6 Å². The summed E-state index contributed by atoms with van der Waals surface area (Å²) in [4.78, 5) is 9.71. The molecule has 0 saturated carbocycles. The van der Waals surface area contributed by atoms with Crippen molar-refractivity contribution in [2.24, 2.45) is 0 Å². The molecule has 1 aromatic heterocycles. The summed E-state index contributed by atoms with van der Waals surface area (Å²) >= 11 is 0. The van der Waals surface area contributed by atoms with Crippen LogP contribution >= 0.6 is 0 Å². The lowest BCUT2D eigenvalue weighted by Gasteiger charge is -1.82. The van der Waals surface area contributed by atoms with Gasteiger partial charge in [0.25, 0.3) is 0 Å². The lowest BCUT2D eigenvalue weighted by Crippen LogP contribution is -1.90. The zero-order chi connectivity index (χ0) is 9.23. The summed E-state index contributed by atoms with van der Waals surface area (Å²) in [5.41, 5.74) is 0. The quantitative estimate of drug-likeness (QED) is 0.704. The zero-order valence-corrected chi connectivity index (χ0v) is 6.77. The molecule has 0 atom stereocenters. The molecule has 0 aliphatic heterocycles. The second-order valence-corrected chi connectivity index (χ2v) is 2.01. The number of aliphatic carboxylic acids is 1. The van der Waals surface area contributed by atoms with Crippen LogP contribution in [-0.4, -0.2) is 11.1 Å². The molecule has 12 heavy (non-hydrogen) atoms. The van der Waals surface area contributed by atoms with Gasteiger partial charge in [0.15, 0.2) is 0 Å². The fourth-order valence-corrected chi connectivity index (χ4v) is 0.452. The van der Waals surface area contributed by atoms with Crippen molar-refractivity contribution in [2.45, 2.75) is 12.8 Å². The minimum absolute atomic E-state index is 0.198. The van der Waals surface area contributed by atoms with E-state index in [0.717, 1.165) is 0 Å². The Morgan fingerprint density at radius 1 is 1.50 bits per heavy atom. The first-order valence-electron chi connectivity index (χ1n) is 3.57. The molecule has 1 heterocycles. The molecule has 1 aromatic rings. The number of hydrogen-bond donors (Lipinski definition) is 1. The van der Waals surface area contributed by atoms with E-state index in [1.807, 2.05) is 12.1 Å². The summed E-state index contributed by atoms with van der Waals surface area (Å²) in [6, 6.07) is 3.67. The first-order chi connectivity index (χ1) is 5.77. The highest BCUT2D eigenvalue weighted by Gasteiger charge is 1.89. The normalized spacial score (nSPS) is 8.00. The van der Waals surface area contributed by atoms with Gasteiger partial charge >= 0.3 is 5.97 Å². The van der Waals surface area contributed by atoms with E-state index in [4.69, 9.17) is 5.11 Å². The molecule has 1 rings (SSSR count). The Morgan fingerprint density at radius 3 is 2.25 bits per heavy atom. The third-order valence-electron chi connectivity index (χ3n) is 0.988. The van der Waals surface area contributed by atoms with Gasteiger partial charge in [-0.3, -0.25) is 4.79 Å². The fraction of sp³-hybridized carbons (Fsp3) is 0.222. The molecule has 0 saturated heterocycles. The molecule has 3 heteroatoms. The van der Waals surface area contributed by atoms with E-state index in [1.54, 1.807) is 18.6 Å². The first-order valence-corrected chi connectivity index (χ1v) is 3.57. The number of rotatable bonds is 3. The van der Waals surface area contributed by atoms with Gasteiger partial charge in [-0.2, -0.15) is 0 Å². The summed E-state index contributed by atoms with van der Waals surface area (Å²) in [6.45, 7) is 3.37. The number of carbonyl (C=O) groups is 1. The molecule has 0 aromatic carbocycles. The molecular weight excluding hydrogens is 156 g/mol. The van der Waals surface area contributed by atoms with Crippen molar-refractivity contribution in [2.75, 3.05) is 0 Å². The third kappa shape index (κ3) is 8.49. The van der Waals surface area contributed by atoms with Crippen LogP contribution in [-0.2, 0) is 4.79 Å². The van der Waals surface area contributed by atoms with Gasteiger partial charge in [-0.25, -0.2) is 0 Å². The largest absolute Gasteiger partial charge is 0.481 e. The van der Waals surface area contributed by atoms with Crippen molar-refractivity contribution in [1.29, 1.82) is 0 Å². The number of furan rings is 1. The van der Waals surface area contributed by atoms with Crippen LogP contribution in [0.15, 0.2) is 41.7 Å². The SMILES string of the molecule is C=CCCC(=O)O.c1ccoc1. The van der Waals surface area contributed by atoms with Crippen LogP contribution in [0.4, 0.5) is 0 Å². The van der Waals surface area contributed by atoms with Crippen molar-refractivity contribution in [3.8, 4) is 0 Å². The molecule has 0 bridgehead atoms. The number of allylic oxidation sites excluding steroid dienone is 1. The molecule has 0 amide bonds. The molecule has 1 N–H and O–H groups in total. The highest BCUT2D eigenvalue weighted by Crippen LogP contribution is 1.86. The van der Waals surface area contributed by atoms with Crippen molar-refractivity contribution in [3.05, 3.63) is 37.3 Å². The molecule has 0 spiro atoms. The van der Waals surface area contributed by atoms with Crippen molar-refractivity contribution < 1.29 is 14.3 Å². The van der Waals surface area contributed by atoms with Crippen LogP contribution in [0, 0.1) is 0 Å². The Balaban J connectivity index is 0.000000211. The summed E-state index contributed by atoms with van der Waals surface area (Å²) in [5, 5.41) is 8.00. The molecular formula is C9H12O3. The maximum Gasteiger partial charge on any atom is 0.303 e. The molecule has 0 unspecified atom stereocenters. The van der Waals surface area contributed by atoms with Crippen LogP contribution in [0.1, 0.15) is 12.8 Å².